The first-order valence-corrected chi connectivity index (χ1v) is 12.2. The van der Waals surface area contributed by atoms with Crippen molar-refractivity contribution in [3.8, 4) is 11.1 Å². The Morgan fingerprint density at radius 2 is 1.67 bits per heavy atom. The number of piperidine rings is 1. The molecule has 1 atom stereocenters. The maximum absolute atomic E-state index is 13.5. The molecule has 1 heterocycles. The first-order chi connectivity index (χ1) is 15.9. The van der Waals surface area contributed by atoms with Crippen LogP contribution in [0.3, 0.4) is 0 Å². The van der Waals surface area contributed by atoms with Gasteiger partial charge in [-0.3, -0.25) is 9.59 Å². The summed E-state index contributed by atoms with van der Waals surface area (Å²) in [6.07, 6.45) is 9.24. The zero-order valence-corrected chi connectivity index (χ0v) is 20.2. The number of amides is 2. The van der Waals surface area contributed by atoms with Gasteiger partial charge in [-0.1, -0.05) is 60.7 Å². The first kappa shape index (κ1) is 23.3. The number of nitrogens with zero attached hydrogens (tertiary/aromatic N) is 2. The van der Waals surface area contributed by atoms with Gasteiger partial charge in [0.1, 0.15) is 0 Å². The van der Waals surface area contributed by atoms with E-state index in [9.17, 15) is 9.59 Å². The molecule has 1 unspecified atom stereocenters. The van der Waals surface area contributed by atoms with Gasteiger partial charge < -0.3 is 9.80 Å². The number of hydrogen-bond acceptors (Lipinski definition) is 2. The summed E-state index contributed by atoms with van der Waals surface area (Å²) in [5.74, 6) is 0.791. The lowest BCUT2D eigenvalue weighted by atomic mass is 9.71. The van der Waals surface area contributed by atoms with E-state index in [1.54, 1.807) is 4.90 Å². The molecule has 174 valence electrons. The molecule has 4 heteroatoms. The van der Waals surface area contributed by atoms with E-state index in [1.807, 2.05) is 19.0 Å². The Bertz CT molecular complexity index is 1030. The van der Waals surface area contributed by atoms with Gasteiger partial charge in [0.05, 0.1) is 5.41 Å². The Morgan fingerprint density at radius 3 is 2.30 bits per heavy atom. The average Bonchev–Trinajstić information content (AvgIpc) is 3.33. The molecule has 0 bridgehead atoms. The van der Waals surface area contributed by atoms with Crippen molar-refractivity contribution in [2.75, 3.05) is 27.2 Å². The van der Waals surface area contributed by atoms with Gasteiger partial charge in [0.15, 0.2) is 0 Å². The number of rotatable bonds is 6. The fourth-order valence-electron chi connectivity index (χ4n) is 5.52. The molecule has 1 fully saturated rings. The van der Waals surface area contributed by atoms with Crippen LogP contribution in [-0.4, -0.2) is 48.8 Å². The summed E-state index contributed by atoms with van der Waals surface area (Å²) in [5.41, 5.74) is 4.38. The number of hydrogen-bond donors (Lipinski definition) is 0. The van der Waals surface area contributed by atoms with E-state index in [-0.39, 0.29) is 11.8 Å². The van der Waals surface area contributed by atoms with Crippen LogP contribution in [0.5, 0.6) is 0 Å². The van der Waals surface area contributed by atoms with Crippen LogP contribution in [0.4, 0.5) is 0 Å². The molecule has 1 saturated heterocycles. The zero-order chi connectivity index (χ0) is 23.4. The summed E-state index contributed by atoms with van der Waals surface area (Å²) in [6.45, 7) is 3.44. The minimum atomic E-state index is -0.480. The van der Waals surface area contributed by atoms with Crippen LogP contribution < -0.4 is 0 Å². The van der Waals surface area contributed by atoms with Crippen LogP contribution in [0, 0.1) is 18.3 Å². The van der Waals surface area contributed by atoms with Crippen molar-refractivity contribution in [3.63, 3.8) is 0 Å². The molecule has 4 rings (SSSR count). The predicted octanol–water partition coefficient (Wildman–Crippen LogP) is 5.26. The van der Waals surface area contributed by atoms with Crippen molar-refractivity contribution in [1.29, 1.82) is 0 Å². The predicted molar refractivity (Wildman–Crippen MR) is 134 cm³/mol. The molecule has 1 aliphatic heterocycles. The maximum Gasteiger partial charge on any atom is 0.228 e. The molecule has 0 radical (unpaired) electrons. The third-order valence-electron chi connectivity index (χ3n) is 7.46. The summed E-state index contributed by atoms with van der Waals surface area (Å²) >= 11 is 0. The molecule has 2 aliphatic rings. The van der Waals surface area contributed by atoms with E-state index >= 15 is 0 Å². The van der Waals surface area contributed by atoms with E-state index in [0.717, 1.165) is 12.8 Å². The molecule has 2 aromatic carbocycles. The number of allylic oxidation sites excluding steroid dienone is 2. The second-order valence-electron chi connectivity index (χ2n) is 9.98. The highest BCUT2D eigenvalue weighted by atomic mass is 16.2. The quantitative estimate of drug-likeness (QED) is 0.571. The summed E-state index contributed by atoms with van der Waals surface area (Å²) in [6, 6.07) is 16.9. The lowest BCUT2D eigenvalue weighted by Crippen LogP contribution is -2.51. The summed E-state index contributed by atoms with van der Waals surface area (Å²) in [5, 5.41) is 0. The Kier molecular flexibility index (Phi) is 7.02. The van der Waals surface area contributed by atoms with E-state index in [2.05, 4.69) is 67.6 Å². The second-order valence-corrected chi connectivity index (χ2v) is 9.98. The highest BCUT2D eigenvalue weighted by molar-refractivity contribution is 5.84. The SMILES string of the molecule is Cc1ccccc1-c1ccccc1CC1(C(=O)N(C)C)CCN(C(=O)CC2C=CCC2)CC1. The Morgan fingerprint density at radius 1 is 1.00 bits per heavy atom. The Labute approximate surface area is 198 Å². The molecule has 2 amide bonds. The number of likely N-dealkylation sites (tertiary alicyclic amines) is 1. The van der Waals surface area contributed by atoms with E-state index in [1.165, 1.54) is 22.3 Å². The van der Waals surface area contributed by atoms with Crippen LogP contribution in [-0.2, 0) is 16.0 Å². The maximum atomic E-state index is 13.5. The Hall–Kier alpha value is -2.88. The summed E-state index contributed by atoms with van der Waals surface area (Å²) < 4.78 is 0. The first-order valence-electron chi connectivity index (χ1n) is 12.2. The van der Waals surface area contributed by atoms with Crippen molar-refractivity contribution in [2.45, 2.75) is 45.4 Å². The van der Waals surface area contributed by atoms with E-state index in [4.69, 9.17) is 0 Å². The fourth-order valence-corrected chi connectivity index (χ4v) is 5.52. The molecule has 4 nitrogen and oxygen atoms in total. The van der Waals surface area contributed by atoms with Crippen LogP contribution in [0.1, 0.15) is 43.2 Å². The normalized spacial score (nSPS) is 19.5. The standard InChI is InChI=1S/C29H36N2O2/c1-22-10-4-8-14-25(22)26-15-9-7-13-24(26)21-29(28(33)30(2)3)16-18-31(19-17-29)27(32)20-23-11-5-6-12-23/h4-5,7-11,13-15,23H,6,12,16-21H2,1-3H3. The summed E-state index contributed by atoms with van der Waals surface area (Å²) in [7, 11) is 3.70. The number of carbonyl (C=O) groups is 2. The van der Waals surface area contributed by atoms with Crippen molar-refractivity contribution in [1.82, 2.24) is 9.80 Å². The van der Waals surface area contributed by atoms with Gasteiger partial charge in [0.25, 0.3) is 0 Å². The topological polar surface area (TPSA) is 40.6 Å². The third-order valence-corrected chi connectivity index (χ3v) is 7.46. The fraction of sp³-hybridized carbons (Fsp3) is 0.448. The highest BCUT2D eigenvalue weighted by Gasteiger charge is 2.43. The number of benzene rings is 2. The number of aryl methyl sites for hydroxylation is 1. The van der Waals surface area contributed by atoms with Gasteiger partial charge in [-0.05, 0) is 67.2 Å². The second kappa shape index (κ2) is 9.94. The van der Waals surface area contributed by atoms with Gasteiger partial charge in [-0.15, -0.1) is 0 Å². The molecular weight excluding hydrogens is 408 g/mol. The molecule has 0 N–H and O–H groups in total. The molecule has 2 aromatic rings. The third kappa shape index (κ3) is 5.05. The molecule has 33 heavy (non-hydrogen) atoms. The smallest absolute Gasteiger partial charge is 0.228 e. The molecule has 0 saturated carbocycles. The van der Waals surface area contributed by atoms with Crippen molar-refractivity contribution >= 4 is 11.8 Å². The van der Waals surface area contributed by atoms with Crippen LogP contribution in [0.25, 0.3) is 11.1 Å². The monoisotopic (exact) mass is 444 g/mol. The van der Waals surface area contributed by atoms with Crippen LogP contribution in [0.15, 0.2) is 60.7 Å². The minimum absolute atomic E-state index is 0.174. The van der Waals surface area contributed by atoms with Gasteiger partial charge in [0, 0.05) is 33.6 Å². The molecule has 0 aromatic heterocycles. The largest absolute Gasteiger partial charge is 0.348 e. The molecule has 0 spiro atoms. The van der Waals surface area contributed by atoms with Gasteiger partial charge in [-0.2, -0.15) is 0 Å². The number of carbonyl (C=O) groups excluding carboxylic acids is 2. The van der Waals surface area contributed by atoms with Crippen LogP contribution >= 0.6 is 0 Å². The van der Waals surface area contributed by atoms with Crippen LogP contribution in [0.2, 0.25) is 0 Å². The van der Waals surface area contributed by atoms with Crippen molar-refractivity contribution in [3.05, 3.63) is 71.8 Å². The Balaban J connectivity index is 1.56. The highest BCUT2D eigenvalue weighted by Crippen LogP contribution is 2.40. The average molecular weight is 445 g/mol. The van der Waals surface area contributed by atoms with E-state index < -0.39 is 5.41 Å². The molecular formula is C29H36N2O2. The summed E-state index contributed by atoms with van der Waals surface area (Å²) in [4.78, 5) is 30.1. The lowest BCUT2D eigenvalue weighted by molar-refractivity contribution is -0.146. The zero-order valence-electron chi connectivity index (χ0n) is 20.2. The molecule has 1 aliphatic carbocycles. The van der Waals surface area contributed by atoms with Gasteiger partial charge in [-0.25, -0.2) is 0 Å². The van der Waals surface area contributed by atoms with E-state index in [0.29, 0.717) is 44.7 Å². The minimum Gasteiger partial charge on any atom is -0.348 e. The lowest BCUT2D eigenvalue weighted by Gasteiger charge is -2.42. The van der Waals surface area contributed by atoms with Gasteiger partial charge in [0.2, 0.25) is 11.8 Å². The van der Waals surface area contributed by atoms with Crippen molar-refractivity contribution in [2.24, 2.45) is 11.3 Å². The van der Waals surface area contributed by atoms with Crippen molar-refractivity contribution < 1.29 is 9.59 Å². The van der Waals surface area contributed by atoms with Gasteiger partial charge >= 0.3 is 0 Å².